The molecule has 1 aromatic carbocycles. The van der Waals surface area contributed by atoms with E-state index in [9.17, 15) is 23.7 Å². The molecule has 0 bridgehead atoms. The Bertz CT molecular complexity index is 1240. The summed E-state index contributed by atoms with van der Waals surface area (Å²) in [5.41, 5.74) is 0.761. The van der Waals surface area contributed by atoms with Gasteiger partial charge in [-0.15, -0.1) is 0 Å². The van der Waals surface area contributed by atoms with E-state index < -0.39 is 36.2 Å². The van der Waals surface area contributed by atoms with E-state index in [1.165, 1.54) is 19.2 Å². The normalized spacial score (nSPS) is 11.6. The Morgan fingerprint density at radius 3 is 2.55 bits per heavy atom. The highest BCUT2D eigenvalue weighted by molar-refractivity contribution is 7.51. The van der Waals surface area contributed by atoms with Crippen molar-refractivity contribution < 1.29 is 28.6 Å². The van der Waals surface area contributed by atoms with Crippen molar-refractivity contribution in [2.45, 2.75) is 19.3 Å². The molecule has 31 heavy (non-hydrogen) atoms. The molecule has 9 nitrogen and oxygen atoms in total. The van der Waals surface area contributed by atoms with Crippen LogP contribution in [0.2, 0.25) is 0 Å². The molecule has 5 N–H and O–H groups in total. The number of H-pyrrole nitrogens is 1. The average molecular weight is 449 g/mol. The maximum absolute atomic E-state index is 13.2. The highest BCUT2D eigenvalue weighted by Gasteiger charge is 2.21. The maximum atomic E-state index is 13.2. The van der Waals surface area contributed by atoms with Gasteiger partial charge in [0, 0.05) is 12.7 Å². The van der Waals surface area contributed by atoms with Gasteiger partial charge in [-0.05, 0) is 48.6 Å². The lowest BCUT2D eigenvalue weighted by Gasteiger charge is -2.13. The summed E-state index contributed by atoms with van der Waals surface area (Å²) in [6.07, 6.45) is 0.287. The highest BCUT2D eigenvalue weighted by atomic mass is 31.2. The summed E-state index contributed by atoms with van der Waals surface area (Å²) in [6.45, 7) is 0. The molecule has 0 saturated carbocycles. The van der Waals surface area contributed by atoms with E-state index in [1.807, 2.05) is 0 Å². The number of carbonyl (C=O) groups excluding carboxylic acids is 1. The molecule has 0 spiro atoms. The maximum Gasteiger partial charge on any atom is 0.325 e. The number of nitrogens with zero attached hydrogens (tertiary/aromatic N) is 1. The van der Waals surface area contributed by atoms with E-state index in [2.05, 4.69) is 15.3 Å². The molecule has 0 aliphatic carbocycles. The van der Waals surface area contributed by atoms with Gasteiger partial charge in [0.1, 0.15) is 16.9 Å². The van der Waals surface area contributed by atoms with Gasteiger partial charge in [-0.2, -0.15) is 0 Å². The second-order valence-electron chi connectivity index (χ2n) is 7.04. The standard InChI is InChI=1S/C20H21FN3O6P/c1-22-19(26)16-18(25)17-15(24-20(16)27)10-12(9-11-4-6-13(21)7-5-11)14(23-17)3-2-8-31(28,29)30/h4-7,10H,2-3,8-9H2,1H3,(H,22,26)(H2,24,25,27)(H2,28,29,30). The fourth-order valence-electron chi connectivity index (χ4n) is 3.26. The minimum absolute atomic E-state index is 0.00719. The lowest BCUT2D eigenvalue weighted by atomic mass is 10.00. The van der Waals surface area contributed by atoms with Crippen molar-refractivity contribution in [3.8, 4) is 5.75 Å². The molecular formula is C20H21FN3O6P. The summed E-state index contributed by atoms with van der Waals surface area (Å²) < 4.78 is 24.4. The van der Waals surface area contributed by atoms with Gasteiger partial charge >= 0.3 is 7.60 Å². The minimum Gasteiger partial charge on any atom is -0.505 e. The van der Waals surface area contributed by atoms with Gasteiger partial charge in [-0.3, -0.25) is 14.2 Å². The third-order valence-electron chi connectivity index (χ3n) is 4.75. The van der Waals surface area contributed by atoms with Crippen LogP contribution in [0.25, 0.3) is 11.0 Å². The molecule has 164 valence electrons. The quantitative estimate of drug-likeness (QED) is 0.345. The smallest absolute Gasteiger partial charge is 0.325 e. The Morgan fingerprint density at radius 2 is 1.94 bits per heavy atom. The molecule has 0 radical (unpaired) electrons. The molecule has 3 aromatic rings. The zero-order valence-corrected chi connectivity index (χ0v) is 17.4. The number of hydrogen-bond acceptors (Lipinski definition) is 5. The zero-order valence-electron chi connectivity index (χ0n) is 16.6. The van der Waals surface area contributed by atoms with E-state index in [0.717, 1.165) is 5.56 Å². The first-order valence-corrected chi connectivity index (χ1v) is 11.2. The SMILES string of the molecule is CNC(=O)c1c(O)c2nc(CCCP(=O)(O)O)c(Cc3ccc(F)cc3)cc2[nH]c1=O. The van der Waals surface area contributed by atoms with Gasteiger partial charge in [0.2, 0.25) is 0 Å². The molecule has 1 amide bonds. The molecule has 0 atom stereocenters. The number of rotatable bonds is 7. The van der Waals surface area contributed by atoms with Gasteiger partial charge in [0.25, 0.3) is 11.5 Å². The molecule has 0 saturated heterocycles. The summed E-state index contributed by atoms with van der Waals surface area (Å²) in [7, 11) is -2.88. The molecule has 0 aliphatic heterocycles. The Labute approximate surface area is 176 Å². The number of amides is 1. The van der Waals surface area contributed by atoms with Crippen LogP contribution in [0.3, 0.4) is 0 Å². The lowest BCUT2D eigenvalue weighted by molar-refractivity contribution is 0.0959. The number of benzene rings is 1. The average Bonchev–Trinajstić information content (AvgIpc) is 2.69. The van der Waals surface area contributed by atoms with Crippen molar-refractivity contribution in [1.29, 1.82) is 0 Å². The van der Waals surface area contributed by atoms with Crippen LogP contribution in [0.15, 0.2) is 35.1 Å². The number of halogens is 1. The van der Waals surface area contributed by atoms with Crippen LogP contribution in [0.1, 0.15) is 33.6 Å². The molecule has 0 unspecified atom stereocenters. The number of aryl methyl sites for hydroxylation is 1. The van der Waals surface area contributed by atoms with Crippen molar-refractivity contribution in [1.82, 2.24) is 15.3 Å². The monoisotopic (exact) mass is 449 g/mol. The summed E-state index contributed by atoms with van der Waals surface area (Å²) in [5.74, 6) is -1.75. The second-order valence-corrected chi connectivity index (χ2v) is 8.82. The van der Waals surface area contributed by atoms with Crippen molar-refractivity contribution in [2.24, 2.45) is 0 Å². The highest BCUT2D eigenvalue weighted by Crippen LogP contribution is 2.35. The number of nitrogens with one attached hydrogen (secondary N) is 2. The molecule has 2 aromatic heterocycles. The molecule has 2 heterocycles. The number of fused-ring (bicyclic) bond motifs is 1. The van der Waals surface area contributed by atoms with E-state index in [-0.39, 0.29) is 30.0 Å². The van der Waals surface area contributed by atoms with Crippen LogP contribution in [0.5, 0.6) is 5.75 Å². The topological polar surface area (TPSA) is 153 Å². The minimum atomic E-state index is -4.20. The Morgan fingerprint density at radius 1 is 1.26 bits per heavy atom. The van der Waals surface area contributed by atoms with Gasteiger partial charge in [-0.1, -0.05) is 12.1 Å². The largest absolute Gasteiger partial charge is 0.505 e. The third-order valence-corrected chi connectivity index (χ3v) is 5.65. The summed E-state index contributed by atoms with van der Waals surface area (Å²) in [6, 6.07) is 7.39. The predicted octanol–water partition coefficient (Wildman–Crippen LogP) is 1.83. The number of aromatic hydroxyl groups is 1. The van der Waals surface area contributed by atoms with E-state index >= 15 is 0 Å². The molecule has 0 aliphatic rings. The Hall–Kier alpha value is -3.07. The summed E-state index contributed by atoms with van der Waals surface area (Å²) >= 11 is 0. The molecule has 11 heteroatoms. The first-order valence-electron chi connectivity index (χ1n) is 9.38. The van der Waals surface area contributed by atoms with Gasteiger partial charge in [0.15, 0.2) is 5.75 Å². The van der Waals surface area contributed by atoms with E-state index in [0.29, 0.717) is 17.7 Å². The van der Waals surface area contributed by atoms with Gasteiger partial charge in [-0.25, -0.2) is 9.37 Å². The third kappa shape index (κ3) is 5.35. The number of carbonyl (C=O) groups is 1. The van der Waals surface area contributed by atoms with Gasteiger partial charge in [0.05, 0.1) is 11.7 Å². The van der Waals surface area contributed by atoms with E-state index in [4.69, 9.17) is 9.79 Å². The number of hydrogen-bond donors (Lipinski definition) is 5. The zero-order chi connectivity index (χ0) is 22.8. The van der Waals surface area contributed by atoms with Crippen LogP contribution in [-0.4, -0.2) is 44.0 Å². The van der Waals surface area contributed by atoms with Crippen LogP contribution in [-0.2, 0) is 17.4 Å². The first kappa shape index (κ1) is 22.6. The van der Waals surface area contributed by atoms with Crippen molar-refractivity contribution in [2.75, 3.05) is 13.2 Å². The van der Waals surface area contributed by atoms with Crippen LogP contribution >= 0.6 is 7.60 Å². The van der Waals surface area contributed by atoms with Crippen molar-refractivity contribution in [3.05, 3.63) is 68.9 Å². The molecular weight excluding hydrogens is 428 g/mol. The van der Waals surface area contributed by atoms with Gasteiger partial charge < -0.3 is 25.2 Å². The fourth-order valence-corrected chi connectivity index (χ4v) is 3.83. The first-order chi connectivity index (χ1) is 14.6. The summed E-state index contributed by atoms with van der Waals surface area (Å²) in [4.78, 5) is 49.5. The van der Waals surface area contributed by atoms with E-state index in [1.54, 1.807) is 18.2 Å². The number of aromatic nitrogens is 2. The molecule has 3 rings (SSSR count). The van der Waals surface area contributed by atoms with Crippen molar-refractivity contribution >= 4 is 24.5 Å². The number of pyridine rings is 2. The fraction of sp³-hybridized carbons (Fsp3) is 0.250. The number of aromatic amines is 1. The summed E-state index contributed by atoms with van der Waals surface area (Å²) in [5, 5.41) is 12.8. The Kier molecular flexibility index (Phi) is 6.54. The molecule has 0 fully saturated rings. The second kappa shape index (κ2) is 8.97. The van der Waals surface area contributed by atoms with Crippen LogP contribution in [0, 0.1) is 5.82 Å². The van der Waals surface area contributed by atoms with Crippen LogP contribution in [0.4, 0.5) is 4.39 Å². The van der Waals surface area contributed by atoms with Crippen LogP contribution < -0.4 is 10.9 Å². The lowest BCUT2D eigenvalue weighted by Crippen LogP contribution is -2.27. The Balaban J connectivity index is 2.11. The predicted molar refractivity (Wildman–Crippen MR) is 112 cm³/mol. The van der Waals surface area contributed by atoms with Crippen molar-refractivity contribution in [3.63, 3.8) is 0 Å².